The zero-order valence-corrected chi connectivity index (χ0v) is 7.79. The molecule has 68 valence electrons. The van der Waals surface area contributed by atoms with Gasteiger partial charge in [-0.2, -0.15) is 0 Å². The topological polar surface area (TPSA) is 59.9 Å². The largest absolute Gasteiger partial charge is 0.293 e. The third-order valence-electron chi connectivity index (χ3n) is 1.53. The van der Waals surface area contributed by atoms with Crippen molar-refractivity contribution in [1.82, 2.24) is 9.97 Å². The van der Waals surface area contributed by atoms with Crippen LogP contribution in [0.5, 0.6) is 0 Å². The molecule has 0 N–H and O–H groups in total. The number of hydrogen-bond donors (Lipinski definition) is 0. The Morgan fingerprint density at radius 3 is 2.23 bits per heavy atom. The third-order valence-corrected chi connectivity index (χ3v) is 1.53. The molecule has 0 aromatic carbocycles. The first kappa shape index (κ1) is 9.51. The summed E-state index contributed by atoms with van der Waals surface area (Å²) in [7, 11) is 0. The second kappa shape index (κ2) is 3.43. The summed E-state index contributed by atoms with van der Waals surface area (Å²) in [4.78, 5) is 29.6. The van der Waals surface area contributed by atoms with E-state index in [1.54, 1.807) is 13.0 Å². The van der Waals surface area contributed by atoms with Crippen LogP contribution in [0.3, 0.4) is 0 Å². The normalized spacial score (nSPS) is 9.77. The van der Waals surface area contributed by atoms with Gasteiger partial charge in [0.25, 0.3) is 0 Å². The zero-order chi connectivity index (χ0) is 10.0. The van der Waals surface area contributed by atoms with Crippen LogP contribution in [-0.2, 0) is 0 Å². The number of rotatable bonds is 2. The first-order chi connectivity index (χ1) is 6.00. The van der Waals surface area contributed by atoms with Gasteiger partial charge >= 0.3 is 0 Å². The summed E-state index contributed by atoms with van der Waals surface area (Å²) in [5.74, 6) is -0.288. The quantitative estimate of drug-likeness (QED) is 0.638. The average molecular weight is 178 g/mol. The number of aromatic nitrogens is 2. The molecule has 4 heteroatoms. The Morgan fingerprint density at radius 1 is 1.15 bits per heavy atom. The number of carbonyl (C=O) groups excluding carboxylic acids is 2. The van der Waals surface area contributed by atoms with E-state index < -0.39 is 0 Å². The molecule has 0 saturated heterocycles. The number of aryl methyl sites for hydroxylation is 1. The first-order valence-corrected chi connectivity index (χ1v) is 3.88. The smallest absolute Gasteiger partial charge is 0.197 e. The Balaban J connectivity index is 3.26. The van der Waals surface area contributed by atoms with E-state index in [1.165, 1.54) is 13.8 Å². The molecule has 0 fully saturated rings. The van der Waals surface area contributed by atoms with Gasteiger partial charge in [-0.3, -0.25) is 9.59 Å². The van der Waals surface area contributed by atoms with E-state index in [0.717, 1.165) is 0 Å². The maximum atomic E-state index is 11.0. The van der Waals surface area contributed by atoms with E-state index in [4.69, 9.17) is 0 Å². The molecule has 0 spiro atoms. The Bertz CT molecular complexity index is 340. The second-order valence-electron chi connectivity index (χ2n) is 2.83. The number of carbonyl (C=O) groups is 2. The lowest BCUT2D eigenvalue weighted by atomic mass is 10.2. The summed E-state index contributed by atoms with van der Waals surface area (Å²) >= 11 is 0. The van der Waals surface area contributed by atoms with Crippen LogP contribution in [0.25, 0.3) is 0 Å². The summed E-state index contributed by atoms with van der Waals surface area (Å²) in [6.07, 6.45) is 0. The minimum atomic E-state index is -0.230. The van der Waals surface area contributed by atoms with Crippen LogP contribution in [0.4, 0.5) is 0 Å². The average Bonchev–Trinajstić information content (AvgIpc) is 2.03. The van der Waals surface area contributed by atoms with Crippen molar-refractivity contribution in [2.24, 2.45) is 0 Å². The summed E-state index contributed by atoms with van der Waals surface area (Å²) in [6.45, 7) is 4.50. The van der Waals surface area contributed by atoms with Crippen molar-refractivity contribution in [3.05, 3.63) is 23.3 Å². The lowest BCUT2D eigenvalue weighted by Crippen LogP contribution is -2.08. The van der Waals surface area contributed by atoms with Crippen molar-refractivity contribution < 1.29 is 9.59 Å². The summed E-state index contributed by atoms with van der Waals surface area (Å²) in [5.41, 5.74) is 0.920. The Labute approximate surface area is 76.0 Å². The highest BCUT2D eigenvalue weighted by atomic mass is 16.1. The highest BCUT2D eigenvalue weighted by Gasteiger charge is 2.08. The molecule has 0 aliphatic rings. The number of hydrogen-bond acceptors (Lipinski definition) is 4. The number of Topliss-reactive ketones (excluding diaryl/α,β-unsaturated/α-hetero) is 2. The van der Waals surface area contributed by atoms with E-state index in [0.29, 0.717) is 5.69 Å². The molecule has 13 heavy (non-hydrogen) atoms. The van der Waals surface area contributed by atoms with E-state index in [2.05, 4.69) is 9.97 Å². The predicted molar refractivity (Wildman–Crippen MR) is 46.8 cm³/mol. The van der Waals surface area contributed by atoms with E-state index in [1.807, 2.05) is 0 Å². The van der Waals surface area contributed by atoms with Crippen LogP contribution in [0, 0.1) is 6.92 Å². The van der Waals surface area contributed by atoms with Gasteiger partial charge in [0.1, 0.15) is 5.69 Å². The van der Waals surface area contributed by atoms with Gasteiger partial charge in [0.15, 0.2) is 17.4 Å². The predicted octanol–water partition coefficient (Wildman–Crippen LogP) is 1.19. The van der Waals surface area contributed by atoms with Gasteiger partial charge in [-0.1, -0.05) is 0 Å². The minimum absolute atomic E-state index is 0.102. The molecule has 1 aromatic rings. The van der Waals surface area contributed by atoms with Crippen molar-refractivity contribution in [2.45, 2.75) is 20.8 Å². The van der Waals surface area contributed by atoms with Crippen molar-refractivity contribution in [3.63, 3.8) is 0 Å². The molecule has 0 aliphatic heterocycles. The molecular weight excluding hydrogens is 168 g/mol. The Morgan fingerprint density at radius 2 is 1.77 bits per heavy atom. The maximum Gasteiger partial charge on any atom is 0.197 e. The van der Waals surface area contributed by atoms with Gasteiger partial charge in [-0.05, 0) is 13.0 Å². The zero-order valence-electron chi connectivity index (χ0n) is 7.79. The molecule has 1 aromatic heterocycles. The molecule has 0 unspecified atom stereocenters. The van der Waals surface area contributed by atoms with Gasteiger partial charge in [0, 0.05) is 19.5 Å². The van der Waals surface area contributed by atoms with Gasteiger partial charge in [0.05, 0.1) is 0 Å². The lowest BCUT2D eigenvalue weighted by Gasteiger charge is -1.99. The van der Waals surface area contributed by atoms with Crippen LogP contribution in [0.15, 0.2) is 6.07 Å². The molecule has 0 saturated carbocycles. The van der Waals surface area contributed by atoms with E-state index in [-0.39, 0.29) is 23.1 Å². The molecule has 0 aliphatic carbocycles. The van der Waals surface area contributed by atoms with Crippen LogP contribution in [-0.4, -0.2) is 21.5 Å². The highest BCUT2D eigenvalue weighted by molar-refractivity contribution is 5.95. The van der Waals surface area contributed by atoms with Crippen molar-refractivity contribution in [1.29, 1.82) is 0 Å². The van der Waals surface area contributed by atoms with E-state index in [9.17, 15) is 9.59 Å². The van der Waals surface area contributed by atoms with Crippen molar-refractivity contribution in [3.8, 4) is 0 Å². The maximum absolute atomic E-state index is 11.0. The fourth-order valence-corrected chi connectivity index (χ4v) is 0.906. The van der Waals surface area contributed by atoms with Crippen molar-refractivity contribution >= 4 is 11.6 Å². The lowest BCUT2D eigenvalue weighted by molar-refractivity contribution is 0.100. The first-order valence-electron chi connectivity index (χ1n) is 3.88. The van der Waals surface area contributed by atoms with Gasteiger partial charge in [-0.15, -0.1) is 0 Å². The SMILES string of the molecule is CC(=O)c1cc(C)nc(C(C)=O)n1. The van der Waals surface area contributed by atoms with Crippen LogP contribution >= 0.6 is 0 Å². The Kier molecular flexibility index (Phi) is 2.51. The summed E-state index contributed by atoms with van der Waals surface area (Å²) in [5, 5.41) is 0. The van der Waals surface area contributed by atoms with Crippen LogP contribution in [0.1, 0.15) is 40.6 Å². The minimum Gasteiger partial charge on any atom is -0.293 e. The summed E-state index contributed by atoms with van der Waals surface area (Å²) in [6, 6.07) is 1.56. The van der Waals surface area contributed by atoms with Gasteiger partial charge in [-0.25, -0.2) is 9.97 Å². The molecule has 1 rings (SSSR count). The van der Waals surface area contributed by atoms with Gasteiger partial charge in [0.2, 0.25) is 0 Å². The van der Waals surface area contributed by atoms with Crippen LogP contribution in [0.2, 0.25) is 0 Å². The van der Waals surface area contributed by atoms with Crippen LogP contribution < -0.4 is 0 Å². The standard InChI is InChI=1S/C9H10N2O2/c1-5-4-8(6(2)12)11-9(10-5)7(3)13/h4H,1-3H3. The fraction of sp³-hybridized carbons (Fsp3) is 0.333. The molecule has 0 amide bonds. The molecular formula is C9H10N2O2. The second-order valence-corrected chi connectivity index (χ2v) is 2.83. The number of nitrogens with zero attached hydrogens (tertiary/aromatic N) is 2. The fourth-order valence-electron chi connectivity index (χ4n) is 0.906. The van der Waals surface area contributed by atoms with Gasteiger partial charge < -0.3 is 0 Å². The highest BCUT2D eigenvalue weighted by Crippen LogP contribution is 2.01. The van der Waals surface area contributed by atoms with Crippen molar-refractivity contribution in [2.75, 3.05) is 0 Å². The monoisotopic (exact) mass is 178 g/mol. The molecule has 1 heterocycles. The summed E-state index contributed by atoms with van der Waals surface area (Å²) < 4.78 is 0. The van der Waals surface area contributed by atoms with E-state index >= 15 is 0 Å². The molecule has 0 bridgehead atoms. The third kappa shape index (κ3) is 2.18. The molecule has 0 radical (unpaired) electrons. The molecule has 4 nitrogen and oxygen atoms in total. The Hall–Kier alpha value is -1.58. The number of ketones is 2. The molecule has 0 atom stereocenters.